The van der Waals surface area contributed by atoms with Crippen LogP contribution in [0.4, 0.5) is 0 Å². The number of hydrogen-bond acceptors (Lipinski definition) is 1. The average Bonchev–Trinajstić information content (AvgIpc) is 2.39. The molecule has 0 bridgehead atoms. The van der Waals surface area contributed by atoms with Crippen LogP contribution in [0.5, 0.6) is 0 Å². The Morgan fingerprint density at radius 1 is 0.889 bits per heavy atom. The van der Waals surface area contributed by atoms with Crippen LogP contribution in [-0.4, -0.2) is 13.2 Å². The zero-order valence-corrected chi connectivity index (χ0v) is 11.9. The van der Waals surface area contributed by atoms with Crippen molar-refractivity contribution in [3.8, 4) is 0 Å². The molecule has 1 radical (unpaired) electrons. The highest BCUT2D eigenvalue weighted by Crippen LogP contribution is 2.12. The van der Waals surface area contributed by atoms with E-state index in [1.165, 1.54) is 24.8 Å². The van der Waals surface area contributed by atoms with E-state index in [9.17, 15) is 0 Å². The van der Waals surface area contributed by atoms with Crippen molar-refractivity contribution in [2.24, 2.45) is 0 Å². The van der Waals surface area contributed by atoms with Gasteiger partial charge in [0.25, 0.3) is 0 Å². The Bertz CT molecular complexity index is 294. The molecule has 1 rings (SSSR count). The van der Waals surface area contributed by atoms with Crippen molar-refractivity contribution in [1.82, 2.24) is 0 Å². The average molecular weight is 268 g/mol. The van der Waals surface area contributed by atoms with Crippen molar-refractivity contribution in [2.75, 3.05) is 13.2 Å². The van der Waals surface area contributed by atoms with E-state index < -0.39 is 0 Å². The lowest BCUT2D eigenvalue weighted by Crippen LogP contribution is -1.97. The predicted octanol–water partition coefficient (Wildman–Crippen LogP) is 5.07. The van der Waals surface area contributed by atoms with Gasteiger partial charge in [0.05, 0.1) is 0 Å². The lowest BCUT2D eigenvalue weighted by atomic mass is 10.1. The van der Waals surface area contributed by atoms with Crippen LogP contribution in [0.15, 0.2) is 24.3 Å². The number of ether oxygens (including phenoxy) is 1. The molecule has 0 heterocycles. The van der Waals surface area contributed by atoms with E-state index in [0.717, 1.165) is 43.9 Å². The van der Waals surface area contributed by atoms with Gasteiger partial charge in [0.1, 0.15) is 0 Å². The van der Waals surface area contributed by atoms with Gasteiger partial charge in [-0.2, -0.15) is 0 Å². The maximum Gasteiger partial charge on any atom is 0.0466 e. The molecule has 0 saturated carbocycles. The summed E-state index contributed by atoms with van der Waals surface area (Å²) in [7, 11) is 0. The summed E-state index contributed by atoms with van der Waals surface area (Å²) in [6.07, 6.45) is 8.10. The molecule has 1 nitrogen and oxygen atoms in total. The zero-order valence-electron chi connectivity index (χ0n) is 11.2. The summed E-state index contributed by atoms with van der Waals surface area (Å²) in [5.41, 5.74) is 1.37. The van der Waals surface area contributed by atoms with Crippen molar-refractivity contribution in [3.05, 3.63) is 41.8 Å². The van der Waals surface area contributed by atoms with Gasteiger partial charge in [0.15, 0.2) is 0 Å². The van der Waals surface area contributed by atoms with Gasteiger partial charge in [-0.3, -0.25) is 0 Å². The van der Waals surface area contributed by atoms with Gasteiger partial charge in [-0.1, -0.05) is 49.9 Å². The minimum absolute atomic E-state index is 0.814. The Kier molecular flexibility index (Phi) is 8.97. The molecule has 0 aliphatic heterocycles. The topological polar surface area (TPSA) is 9.23 Å². The van der Waals surface area contributed by atoms with E-state index in [1.54, 1.807) is 0 Å². The molecule has 0 spiro atoms. The van der Waals surface area contributed by atoms with Gasteiger partial charge in [0.2, 0.25) is 0 Å². The highest BCUT2D eigenvalue weighted by Gasteiger charge is 1.95. The molecule has 0 fully saturated rings. The SMILES string of the molecule is [CH2]CCCCOCCCCCc1ccc(Cl)cc1. The molecule has 0 aromatic heterocycles. The lowest BCUT2D eigenvalue weighted by molar-refractivity contribution is 0.126. The van der Waals surface area contributed by atoms with E-state index in [2.05, 4.69) is 19.1 Å². The Morgan fingerprint density at radius 2 is 1.56 bits per heavy atom. The van der Waals surface area contributed by atoms with E-state index in [4.69, 9.17) is 16.3 Å². The number of rotatable bonds is 10. The molecule has 0 atom stereocenters. The summed E-state index contributed by atoms with van der Waals surface area (Å²) < 4.78 is 5.56. The molecule has 1 aromatic carbocycles. The van der Waals surface area contributed by atoms with E-state index in [-0.39, 0.29) is 0 Å². The van der Waals surface area contributed by atoms with E-state index in [1.807, 2.05) is 12.1 Å². The second-order valence-corrected chi connectivity index (χ2v) is 5.05. The summed E-state index contributed by atoms with van der Waals surface area (Å²) in [6.45, 7) is 5.61. The highest BCUT2D eigenvalue weighted by molar-refractivity contribution is 6.30. The summed E-state index contributed by atoms with van der Waals surface area (Å²) in [5.74, 6) is 0. The van der Waals surface area contributed by atoms with Crippen molar-refractivity contribution < 1.29 is 4.74 Å². The molecular weight excluding hydrogens is 244 g/mol. The number of unbranched alkanes of at least 4 members (excludes halogenated alkanes) is 4. The van der Waals surface area contributed by atoms with Gasteiger partial charge in [-0.15, -0.1) is 0 Å². The first kappa shape index (κ1) is 15.5. The fourth-order valence-corrected chi connectivity index (χ4v) is 1.97. The Morgan fingerprint density at radius 3 is 2.22 bits per heavy atom. The third-order valence-electron chi connectivity index (χ3n) is 2.96. The monoisotopic (exact) mass is 267 g/mol. The third kappa shape index (κ3) is 7.73. The van der Waals surface area contributed by atoms with E-state index in [0.29, 0.717) is 0 Å². The summed E-state index contributed by atoms with van der Waals surface area (Å²) in [6, 6.07) is 8.14. The van der Waals surface area contributed by atoms with Crippen LogP contribution in [0.25, 0.3) is 0 Å². The molecular formula is C16H24ClO. The smallest absolute Gasteiger partial charge is 0.0466 e. The lowest BCUT2D eigenvalue weighted by Gasteiger charge is -2.04. The van der Waals surface area contributed by atoms with Gasteiger partial charge in [0, 0.05) is 18.2 Å². The quantitative estimate of drug-likeness (QED) is 0.538. The molecule has 0 aliphatic rings. The van der Waals surface area contributed by atoms with Crippen molar-refractivity contribution >= 4 is 11.6 Å². The van der Waals surface area contributed by atoms with Crippen LogP contribution in [0, 0.1) is 6.92 Å². The summed E-state index contributed by atoms with van der Waals surface area (Å²) in [4.78, 5) is 0. The number of hydrogen-bond donors (Lipinski definition) is 0. The van der Waals surface area contributed by atoms with Crippen LogP contribution < -0.4 is 0 Å². The van der Waals surface area contributed by atoms with Crippen LogP contribution in [0.1, 0.15) is 44.1 Å². The predicted molar refractivity (Wildman–Crippen MR) is 79.0 cm³/mol. The first-order valence-electron chi connectivity index (χ1n) is 6.94. The second-order valence-electron chi connectivity index (χ2n) is 4.61. The number of aryl methyl sites for hydroxylation is 1. The number of benzene rings is 1. The first-order valence-corrected chi connectivity index (χ1v) is 7.32. The van der Waals surface area contributed by atoms with Crippen LogP contribution in [-0.2, 0) is 11.2 Å². The minimum atomic E-state index is 0.814. The van der Waals surface area contributed by atoms with Crippen LogP contribution >= 0.6 is 11.6 Å². The molecule has 0 amide bonds. The first-order chi connectivity index (χ1) is 8.83. The Hall–Kier alpha value is -0.530. The molecule has 101 valence electrons. The maximum atomic E-state index is 5.85. The van der Waals surface area contributed by atoms with Gasteiger partial charge < -0.3 is 4.74 Å². The van der Waals surface area contributed by atoms with Crippen molar-refractivity contribution in [3.63, 3.8) is 0 Å². The normalized spacial score (nSPS) is 10.8. The van der Waals surface area contributed by atoms with Gasteiger partial charge >= 0.3 is 0 Å². The second kappa shape index (κ2) is 10.4. The van der Waals surface area contributed by atoms with Crippen LogP contribution in [0.3, 0.4) is 0 Å². The molecule has 0 N–H and O–H groups in total. The van der Waals surface area contributed by atoms with Gasteiger partial charge in [-0.05, 0) is 43.4 Å². The molecule has 0 aliphatic carbocycles. The minimum Gasteiger partial charge on any atom is -0.381 e. The fraction of sp³-hybridized carbons (Fsp3) is 0.562. The molecule has 2 heteroatoms. The Balaban J connectivity index is 1.91. The maximum absolute atomic E-state index is 5.85. The summed E-state index contributed by atoms with van der Waals surface area (Å²) >= 11 is 5.85. The number of halogens is 1. The Labute approximate surface area is 116 Å². The third-order valence-corrected chi connectivity index (χ3v) is 3.21. The van der Waals surface area contributed by atoms with Crippen molar-refractivity contribution in [1.29, 1.82) is 0 Å². The summed E-state index contributed by atoms with van der Waals surface area (Å²) in [5, 5.41) is 0.814. The van der Waals surface area contributed by atoms with Crippen molar-refractivity contribution in [2.45, 2.75) is 44.9 Å². The highest BCUT2D eigenvalue weighted by atomic mass is 35.5. The van der Waals surface area contributed by atoms with Crippen LogP contribution in [0.2, 0.25) is 5.02 Å². The zero-order chi connectivity index (χ0) is 13.1. The van der Waals surface area contributed by atoms with E-state index >= 15 is 0 Å². The van der Waals surface area contributed by atoms with Gasteiger partial charge in [-0.25, -0.2) is 0 Å². The molecule has 0 saturated heterocycles. The molecule has 1 aromatic rings. The molecule has 18 heavy (non-hydrogen) atoms. The standard InChI is InChI=1S/C16H24ClO/c1-2-3-6-13-18-14-7-4-5-8-15-9-11-16(17)12-10-15/h9-12H,1-8,13-14H2. The fourth-order valence-electron chi connectivity index (χ4n) is 1.84. The molecule has 0 unspecified atom stereocenters. The largest absolute Gasteiger partial charge is 0.381 e.